The fourth-order valence-electron chi connectivity index (χ4n) is 2.37. The van der Waals surface area contributed by atoms with Crippen LogP contribution in [-0.2, 0) is 9.53 Å². The molecule has 0 saturated heterocycles. The number of nitrogens with one attached hydrogen (secondary N) is 1. The molecule has 2 rings (SSSR count). The molecule has 0 radical (unpaired) electrons. The number of carbonyl (C=O) groups is 2. The predicted octanol–water partition coefficient (Wildman–Crippen LogP) is 3.39. The van der Waals surface area contributed by atoms with Crippen LogP contribution in [0.3, 0.4) is 0 Å². The van der Waals surface area contributed by atoms with E-state index in [2.05, 4.69) is 5.32 Å². The third-order valence-corrected chi connectivity index (χ3v) is 3.91. The molecular formula is C19H20ClNO5. The van der Waals surface area contributed by atoms with Gasteiger partial charge in [-0.15, -0.1) is 0 Å². The van der Waals surface area contributed by atoms with Crippen molar-refractivity contribution in [2.45, 2.75) is 13.0 Å². The molecule has 1 atom stereocenters. The van der Waals surface area contributed by atoms with Gasteiger partial charge in [0.05, 0.1) is 25.8 Å². The first-order chi connectivity index (χ1) is 12.4. The maximum absolute atomic E-state index is 12.1. The van der Waals surface area contributed by atoms with Crippen molar-refractivity contribution in [1.29, 1.82) is 0 Å². The van der Waals surface area contributed by atoms with Crippen LogP contribution in [0.2, 0.25) is 5.02 Å². The first kappa shape index (κ1) is 19.6. The average Bonchev–Trinajstić information content (AvgIpc) is 2.65. The molecule has 0 bridgehead atoms. The second-order valence-electron chi connectivity index (χ2n) is 5.48. The van der Waals surface area contributed by atoms with E-state index in [0.717, 1.165) is 5.56 Å². The van der Waals surface area contributed by atoms with E-state index in [1.807, 2.05) is 0 Å². The highest BCUT2D eigenvalue weighted by Crippen LogP contribution is 2.29. The summed E-state index contributed by atoms with van der Waals surface area (Å²) < 4.78 is 15.5. The van der Waals surface area contributed by atoms with Gasteiger partial charge in [-0.2, -0.15) is 0 Å². The number of esters is 1. The van der Waals surface area contributed by atoms with E-state index < -0.39 is 18.5 Å². The number of ether oxygens (including phenoxy) is 3. The Morgan fingerprint density at radius 3 is 2.54 bits per heavy atom. The predicted molar refractivity (Wildman–Crippen MR) is 97.8 cm³/mol. The van der Waals surface area contributed by atoms with Crippen LogP contribution < -0.4 is 14.8 Å². The Balaban J connectivity index is 1.96. The molecule has 0 aliphatic heterocycles. The molecule has 1 N–H and O–H groups in total. The molecule has 0 heterocycles. The number of amides is 1. The zero-order valence-corrected chi connectivity index (χ0v) is 15.5. The molecule has 138 valence electrons. The van der Waals surface area contributed by atoms with Gasteiger partial charge in [0, 0.05) is 10.6 Å². The minimum absolute atomic E-state index is 0.285. The van der Waals surface area contributed by atoms with Crippen LogP contribution in [0.25, 0.3) is 0 Å². The van der Waals surface area contributed by atoms with Crippen LogP contribution in [0.1, 0.15) is 28.9 Å². The summed E-state index contributed by atoms with van der Waals surface area (Å²) in [5.41, 5.74) is 1.04. The minimum atomic E-state index is -0.616. The van der Waals surface area contributed by atoms with Crippen LogP contribution in [0.5, 0.6) is 11.5 Å². The summed E-state index contributed by atoms with van der Waals surface area (Å²) in [7, 11) is 3.11. The third kappa shape index (κ3) is 5.13. The first-order valence-electron chi connectivity index (χ1n) is 7.88. The van der Waals surface area contributed by atoms with Crippen molar-refractivity contribution < 1.29 is 23.8 Å². The molecule has 2 aromatic carbocycles. The molecule has 0 aromatic heterocycles. The van der Waals surface area contributed by atoms with Crippen molar-refractivity contribution in [3.8, 4) is 11.5 Å². The molecule has 6 nitrogen and oxygen atoms in total. The SMILES string of the molecule is COc1ccc(OC)c([C@@H](C)NC(=O)COC(=O)c2cccc(Cl)c2)c1. The van der Waals surface area contributed by atoms with E-state index in [1.54, 1.807) is 57.5 Å². The summed E-state index contributed by atoms with van der Waals surface area (Å²) in [4.78, 5) is 24.0. The Hall–Kier alpha value is -2.73. The van der Waals surface area contributed by atoms with Gasteiger partial charge in [-0.3, -0.25) is 4.79 Å². The Kier molecular flexibility index (Phi) is 6.86. The van der Waals surface area contributed by atoms with Crippen molar-refractivity contribution in [3.63, 3.8) is 0 Å². The molecular weight excluding hydrogens is 358 g/mol. The molecule has 0 fully saturated rings. The lowest BCUT2D eigenvalue weighted by Gasteiger charge is -2.18. The van der Waals surface area contributed by atoms with Gasteiger partial charge in [-0.25, -0.2) is 4.79 Å². The van der Waals surface area contributed by atoms with Gasteiger partial charge in [-0.05, 0) is 43.3 Å². The highest BCUT2D eigenvalue weighted by atomic mass is 35.5. The lowest BCUT2D eigenvalue weighted by molar-refractivity contribution is -0.124. The number of rotatable bonds is 7. The molecule has 0 spiro atoms. The Morgan fingerprint density at radius 1 is 1.12 bits per heavy atom. The zero-order chi connectivity index (χ0) is 19.1. The third-order valence-electron chi connectivity index (χ3n) is 3.68. The maximum atomic E-state index is 12.1. The van der Waals surface area contributed by atoms with Crippen molar-refractivity contribution in [3.05, 3.63) is 58.6 Å². The van der Waals surface area contributed by atoms with Crippen molar-refractivity contribution in [1.82, 2.24) is 5.32 Å². The van der Waals surface area contributed by atoms with Gasteiger partial charge in [0.1, 0.15) is 11.5 Å². The summed E-state index contributed by atoms with van der Waals surface area (Å²) >= 11 is 5.83. The molecule has 0 aliphatic rings. The normalized spacial score (nSPS) is 11.4. The molecule has 2 aromatic rings. The van der Waals surface area contributed by atoms with E-state index in [0.29, 0.717) is 16.5 Å². The Morgan fingerprint density at radius 2 is 1.88 bits per heavy atom. The van der Waals surface area contributed by atoms with Crippen LogP contribution in [0.4, 0.5) is 0 Å². The van der Waals surface area contributed by atoms with E-state index in [-0.39, 0.29) is 11.6 Å². The fourth-order valence-corrected chi connectivity index (χ4v) is 2.56. The molecule has 0 aliphatic carbocycles. The smallest absolute Gasteiger partial charge is 0.338 e. The van der Waals surface area contributed by atoms with Crippen molar-refractivity contribution >= 4 is 23.5 Å². The van der Waals surface area contributed by atoms with Crippen LogP contribution in [0.15, 0.2) is 42.5 Å². The first-order valence-corrected chi connectivity index (χ1v) is 8.26. The molecule has 1 amide bonds. The lowest BCUT2D eigenvalue weighted by Crippen LogP contribution is -2.31. The summed E-state index contributed by atoms with van der Waals surface area (Å²) in [6.45, 7) is 1.40. The van der Waals surface area contributed by atoms with Crippen molar-refractivity contribution in [2.24, 2.45) is 0 Å². The van der Waals surface area contributed by atoms with Crippen LogP contribution in [-0.4, -0.2) is 32.7 Å². The summed E-state index contributed by atoms with van der Waals surface area (Å²) in [5.74, 6) is 0.218. The van der Waals surface area contributed by atoms with E-state index in [9.17, 15) is 9.59 Å². The number of benzene rings is 2. The highest BCUT2D eigenvalue weighted by Gasteiger charge is 2.17. The topological polar surface area (TPSA) is 73.9 Å². The Bertz CT molecular complexity index is 793. The average molecular weight is 378 g/mol. The van der Waals surface area contributed by atoms with Gasteiger partial charge < -0.3 is 19.5 Å². The van der Waals surface area contributed by atoms with Crippen LogP contribution in [0, 0.1) is 0 Å². The molecule has 0 saturated carbocycles. The maximum Gasteiger partial charge on any atom is 0.338 e. The van der Waals surface area contributed by atoms with Gasteiger partial charge in [0.2, 0.25) is 0 Å². The van der Waals surface area contributed by atoms with E-state index in [4.69, 9.17) is 25.8 Å². The van der Waals surface area contributed by atoms with Crippen molar-refractivity contribution in [2.75, 3.05) is 20.8 Å². The highest BCUT2D eigenvalue weighted by molar-refractivity contribution is 6.30. The van der Waals surface area contributed by atoms with Crippen LogP contribution >= 0.6 is 11.6 Å². The monoisotopic (exact) mass is 377 g/mol. The second kappa shape index (κ2) is 9.10. The quantitative estimate of drug-likeness (QED) is 0.748. The zero-order valence-electron chi connectivity index (χ0n) is 14.7. The number of hydrogen-bond acceptors (Lipinski definition) is 5. The molecule has 0 unspecified atom stereocenters. The summed E-state index contributed by atoms with van der Waals surface area (Å²) in [6.07, 6.45) is 0. The lowest BCUT2D eigenvalue weighted by atomic mass is 10.1. The second-order valence-corrected chi connectivity index (χ2v) is 5.92. The van der Waals surface area contributed by atoms with Gasteiger partial charge >= 0.3 is 5.97 Å². The minimum Gasteiger partial charge on any atom is -0.497 e. The number of methoxy groups -OCH3 is 2. The summed E-state index contributed by atoms with van der Waals surface area (Å²) in [5, 5.41) is 3.18. The Labute approximate surface area is 157 Å². The van der Waals surface area contributed by atoms with Gasteiger partial charge in [-0.1, -0.05) is 17.7 Å². The van der Waals surface area contributed by atoms with E-state index in [1.165, 1.54) is 6.07 Å². The summed E-state index contributed by atoms with van der Waals surface area (Å²) in [6, 6.07) is 11.3. The molecule has 7 heteroatoms. The van der Waals surface area contributed by atoms with Gasteiger partial charge in [0.25, 0.3) is 5.91 Å². The number of carbonyl (C=O) groups excluding carboxylic acids is 2. The fraction of sp³-hybridized carbons (Fsp3) is 0.263. The largest absolute Gasteiger partial charge is 0.497 e. The van der Waals surface area contributed by atoms with E-state index >= 15 is 0 Å². The number of hydrogen-bond donors (Lipinski definition) is 1. The molecule has 26 heavy (non-hydrogen) atoms. The van der Waals surface area contributed by atoms with Gasteiger partial charge in [0.15, 0.2) is 6.61 Å². The number of halogens is 1. The standard InChI is InChI=1S/C19H20ClNO5/c1-12(16-10-15(24-2)7-8-17(16)25-3)21-18(22)11-26-19(23)13-5-4-6-14(20)9-13/h4-10,12H,11H2,1-3H3,(H,21,22)/t12-/m1/s1.